The molecular weight excluding hydrogens is 296 g/mol. The first-order valence-corrected chi connectivity index (χ1v) is 7.62. The van der Waals surface area contributed by atoms with Crippen molar-refractivity contribution in [3.8, 4) is 0 Å². The van der Waals surface area contributed by atoms with Crippen molar-refractivity contribution < 1.29 is 23.5 Å². The van der Waals surface area contributed by atoms with Crippen LogP contribution in [0.4, 0.5) is 0 Å². The topological polar surface area (TPSA) is 65.7 Å². The van der Waals surface area contributed by atoms with Crippen molar-refractivity contribution in [1.29, 1.82) is 0 Å². The van der Waals surface area contributed by atoms with Crippen LogP contribution in [0.5, 0.6) is 0 Å². The summed E-state index contributed by atoms with van der Waals surface area (Å²) in [7, 11) is 0. The minimum atomic E-state index is -0.580. The van der Waals surface area contributed by atoms with Gasteiger partial charge in [-0.05, 0) is 30.7 Å². The summed E-state index contributed by atoms with van der Waals surface area (Å²) in [5.41, 5.74) is 1.48. The van der Waals surface area contributed by atoms with E-state index < -0.39 is 5.97 Å². The molecule has 1 aromatic carbocycles. The molecule has 0 bridgehead atoms. The van der Waals surface area contributed by atoms with E-state index in [4.69, 9.17) is 13.9 Å². The molecule has 0 amide bonds. The molecule has 0 saturated carbocycles. The number of fused-ring (bicyclic) bond motifs is 1. The number of ether oxygens (including phenoxy) is 2. The number of hydrogen-bond donors (Lipinski definition) is 0. The van der Waals surface area contributed by atoms with Gasteiger partial charge in [-0.15, -0.1) is 0 Å². The van der Waals surface area contributed by atoms with Gasteiger partial charge in [-0.2, -0.15) is 0 Å². The highest BCUT2D eigenvalue weighted by molar-refractivity contribution is 6.19. The molecule has 1 aromatic heterocycles. The summed E-state index contributed by atoms with van der Waals surface area (Å²) >= 11 is 0. The van der Waals surface area contributed by atoms with Gasteiger partial charge >= 0.3 is 5.97 Å². The van der Waals surface area contributed by atoms with Gasteiger partial charge < -0.3 is 13.9 Å². The Kier molecular flexibility index (Phi) is 4.57. The van der Waals surface area contributed by atoms with Gasteiger partial charge in [0.05, 0.1) is 19.5 Å². The molecule has 1 saturated heterocycles. The quantitative estimate of drug-likeness (QED) is 0.375. The summed E-state index contributed by atoms with van der Waals surface area (Å²) in [5.74, 6) is -0.898. The normalized spacial score (nSPS) is 16.5. The van der Waals surface area contributed by atoms with Gasteiger partial charge in [-0.3, -0.25) is 4.79 Å². The van der Waals surface area contributed by atoms with E-state index in [-0.39, 0.29) is 17.5 Å². The number of rotatable bonds is 4. The first kappa shape index (κ1) is 15.5. The Morgan fingerprint density at radius 1 is 1.22 bits per heavy atom. The third kappa shape index (κ3) is 3.68. The minimum absolute atomic E-state index is 0.0439. The highest BCUT2D eigenvalue weighted by Gasteiger charge is 2.22. The van der Waals surface area contributed by atoms with Gasteiger partial charge in [0, 0.05) is 18.2 Å². The Bertz CT molecular complexity index is 750. The maximum atomic E-state index is 12.3. The Balaban J connectivity index is 1.81. The van der Waals surface area contributed by atoms with Crippen molar-refractivity contribution in [3.63, 3.8) is 0 Å². The second-order valence-corrected chi connectivity index (χ2v) is 5.55. The highest BCUT2D eigenvalue weighted by Crippen LogP contribution is 2.20. The summed E-state index contributed by atoms with van der Waals surface area (Å²) in [6.07, 6.45) is 4.28. The lowest BCUT2D eigenvalue weighted by molar-refractivity contribution is -0.149. The van der Waals surface area contributed by atoms with Crippen LogP contribution in [0.15, 0.2) is 40.5 Å². The number of furan rings is 1. The summed E-state index contributed by atoms with van der Waals surface area (Å²) in [6.45, 7) is 2.51. The van der Waals surface area contributed by atoms with E-state index in [1.54, 1.807) is 18.4 Å². The zero-order valence-electron chi connectivity index (χ0n) is 12.9. The molecule has 1 fully saturated rings. The smallest absolute Gasteiger partial charge is 0.342 e. The third-order valence-corrected chi connectivity index (χ3v) is 3.83. The van der Waals surface area contributed by atoms with E-state index in [1.807, 2.05) is 18.2 Å². The molecule has 5 heteroatoms. The van der Waals surface area contributed by atoms with Crippen LogP contribution in [-0.2, 0) is 19.1 Å². The number of ketones is 1. The monoisotopic (exact) mass is 314 g/mol. The summed E-state index contributed by atoms with van der Waals surface area (Å²) in [6, 6.07) is 7.36. The second-order valence-electron chi connectivity index (χ2n) is 5.55. The molecule has 5 nitrogen and oxygen atoms in total. The molecule has 23 heavy (non-hydrogen) atoms. The maximum absolute atomic E-state index is 12.3. The zero-order valence-corrected chi connectivity index (χ0v) is 12.9. The molecule has 1 aliphatic rings. The van der Waals surface area contributed by atoms with E-state index in [2.05, 4.69) is 0 Å². The molecule has 0 N–H and O–H groups in total. The average Bonchev–Trinajstić information content (AvgIpc) is 3.00. The van der Waals surface area contributed by atoms with Gasteiger partial charge in [0.1, 0.15) is 17.3 Å². The van der Waals surface area contributed by atoms with Gasteiger partial charge in [0.15, 0.2) is 5.78 Å². The van der Waals surface area contributed by atoms with Crippen LogP contribution in [0, 0.1) is 0 Å². The van der Waals surface area contributed by atoms with Gasteiger partial charge in [0.2, 0.25) is 0 Å². The van der Waals surface area contributed by atoms with E-state index in [0.717, 1.165) is 10.9 Å². The zero-order chi connectivity index (χ0) is 16.2. The molecule has 0 spiro atoms. The van der Waals surface area contributed by atoms with Crippen LogP contribution in [0.25, 0.3) is 17.0 Å². The van der Waals surface area contributed by atoms with Crippen molar-refractivity contribution in [1.82, 2.24) is 0 Å². The lowest BCUT2D eigenvalue weighted by Crippen LogP contribution is -2.27. The molecular formula is C18H18O5. The first-order valence-electron chi connectivity index (χ1n) is 7.62. The number of hydrogen-bond acceptors (Lipinski definition) is 5. The molecule has 1 aliphatic heterocycles. The van der Waals surface area contributed by atoms with Crippen molar-refractivity contribution in [2.75, 3.05) is 13.2 Å². The molecule has 2 heterocycles. The van der Waals surface area contributed by atoms with E-state index in [0.29, 0.717) is 31.6 Å². The van der Waals surface area contributed by atoms with Crippen molar-refractivity contribution >= 4 is 28.8 Å². The summed E-state index contributed by atoms with van der Waals surface area (Å²) in [5, 5.41) is 0.969. The SMILES string of the molecule is CC(=O)C(=Cc1ccc2ccoc2c1)C(=O)OC1CCOCC1. The fraction of sp³-hybridized carbons (Fsp3) is 0.333. The van der Waals surface area contributed by atoms with Crippen molar-refractivity contribution in [2.24, 2.45) is 0 Å². The number of benzene rings is 1. The number of Topliss-reactive ketones (excluding diaryl/α,β-unsaturated/α-hetero) is 1. The van der Waals surface area contributed by atoms with Crippen LogP contribution < -0.4 is 0 Å². The van der Waals surface area contributed by atoms with Crippen LogP contribution in [0.1, 0.15) is 25.3 Å². The average molecular weight is 314 g/mol. The third-order valence-electron chi connectivity index (χ3n) is 3.83. The molecule has 120 valence electrons. The molecule has 2 aromatic rings. The fourth-order valence-corrected chi connectivity index (χ4v) is 2.54. The first-order chi connectivity index (χ1) is 11.1. The molecule has 0 atom stereocenters. The molecule has 3 rings (SSSR count). The van der Waals surface area contributed by atoms with Crippen LogP contribution in [0.2, 0.25) is 0 Å². The van der Waals surface area contributed by atoms with Gasteiger partial charge in [-0.25, -0.2) is 4.79 Å². The van der Waals surface area contributed by atoms with Crippen LogP contribution in [0.3, 0.4) is 0 Å². The van der Waals surface area contributed by atoms with Crippen molar-refractivity contribution in [2.45, 2.75) is 25.9 Å². The fourth-order valence-electron chi connectivity index (χ4n) is 2.54. The Labute approximate surface area is 133 Å². The Hall–Kier alpha value is -2.40. The van der Waals surface area contributed by atoms with Crippen LogP contribution >= 0.6 is 0 Å². The van der Waals surface area contributed by atoms with Gasteiger partial charge in [0.25, 0.3) is 0 Å². The van der Waals surface area contributed by atoms with Crippen LogP contribution in [-0.4, -0.2) is 31.1 Å². The number of carbonyl (C=O) groups excluding carboxylic acids is 2. The molecule has 0 radical (unpaired) electrons. The Morgan fingerprint density at radius 3 is 2.74 bits per heavy atom. The summed E-state index contributed by atoms with van der Waals surface area (Å²) < 4.78 is 16.0. The molecule has 0 aliphatic carbocycles. The number of esters is 1. The second kappa shape index (κ2) is 6.79. The predicted molar refractivity (Wildman–Crippen MR) is 84.8 cm³/mol. The minimum Gasteiger partial charge on any atom is -0.464 e. The molecule has 0 unspecified atom stereocenters. The lowest BCUT2D eigenvalue weighted by Gasteiger charge is -2.22. The predicted octanol–water partition coefficient (Wildman–Crippen LogP) is 3.13. The highest BCUT2D eigenvalue weighted by atomic mass is 16.6. The number of carbonyl (C=O) groups is 2. The Morgan fingerprint density at radius 2 is 2.00 bits per heavy atom. The standard InChI is InChI=1S/C18H18O5/c1-12(19)16(18(20)23-15-5-7-21-8-6-15)10-13-2-3-14-4-9-22-17(14)11-13/h2-4,9-11,15H,5-8H2,1H3. The van der Waals surface area contributed by atoms with Crippen molar-refractivity contribution in [3.05, 3.63) is 41.7 Å². The van der Waals surface area contributed by atoms with E-state index in [9.17, 15) is 9.59 Å². The maximum Gasteiger partial charge on any atom is 0.342 e. The van der Waals surface area contributed by atoms with E-state index in [1.165, 1.54) is 6.92 Å². The van der Waals surface area contributed by atoms with Gasteiger partial charge in [-0.1, -0.05) is 12.1 Å². The summed E-state index contributed by atoms with van der Waals surface area (Å²) in [4.78, 5) is 24.1. The lowest BCUT2D eigenvalue weighted by atomic mass is 10.1. The van der Waals surface area contributed by atoms with E-state index >= 15 is 0 Å². The largest absolute Gasteiger partial charge is 0.464 e.